The van der Waals surface area contributed by atoms with Gasteiger partial charge in [-0.25, -0.2) is 4.79 Å². The highest BCUT2D eigenvalue weighted by Crippen LogP contribution is 2.38. The Labute approximate surface area is 142 Å². The lowest BCUT2D eigenvalue weighted by Gasteiger charge is -2.24. The zero-order valence-corrected chi connectivity index (χ0v) is 14.6. The highest BCUT2D eigenvalue weighted by atomic mass is 16.6. The van der Waals surface area contributed by atoms with Gasteiger partial charge in [-0.3, -0.25) is 4.79 Å². The number of rotatable bonds is 4. The van der Waals surface area contributed by atoms with Crippen molar-refractivity contribution in [3.05, 3.63) is 29.8 Å². The molecule has 2 rings (SSSR count). The predicted molar refractivity (Wildman–Crippen MR) is 89.3 cm³/mol. The van der Waals surface area contributed by atoms with Gasteiger partial charge in [-0.1, -0.05) is 18.2 Å². The minimum absolute atomic E-state index is 0.134. The third-order valence-electron chi connectivity index (χ3n) is 3.91. The fourth-order valence-corrected chi connectivity index (χ4v) is 2.92. The van der Waals surface area contributed by atoms with E-state index in [0.717, 1.165) is 5.56 Å². The number of nitrogens with zero attached hydrogens (tertiary/aromatic N) is 1. The largest absolute Gasteiger partial charge is 0.494 e. The summed E-state index contributed by atoms with van der Waals surface area (Å²) < 4.78 is 11.0. The topological polar surface area (TPSA) is 76.1 Å². The van der Waals surface area contributed by atoms with E-state index in [2.05, 4.69) is 0 Å². The standard InChI is InChI=1S/C18H25NO5/c1-5-23-15-9-7-6-8-12(15)13-10-19(11-14(13)16(20)21)17(22)24-18(2,3)4/h6-9,13-14H,5,10-11H2,1-4H3,(H,20,21)/t13-,14-/m0/s1. The first-order chi connectivity index (χ1) is 11.2. The molecule has 24 heavy (non-hydrogen) atoms. The van der Waals surface area contributed by atoms with Crippen LogP contribution in [-0.2, 0) is 9.53 Å². The summed E-state index contributed by atoms with van der Waals surface area (Å²) in [6, 6.07) is 7.40. The zero-order chi connectivity index (χ0) is 17.9. The monoisotopic (exact) mass is 335 g/mol. The Bertz CT molecular complexity index is 608. The maximum atomic E-state index is 12.3. The fourth-order valence-electron chi connectivity index (χ4n) is 2.92. The normalized spacial score (nSPS) is 20.8. The van der Waals surface area contributed by atoms with E-state index in [4.69, 9.17) is 9.47 Å². The van der Waals surface area contributed by atoms with Crippen LogP contribution in [0.2, 0.25) is 0 Å². The van der Waals surface area contributed by atoms with Gasteiger partial charge in [-0.05, 0) is 39.3 Å². The van der Waals surface area contributed by atoms with Gasteiger partial charge >= 0.3 is 12.1 Å². The molecule has 1 saturated heterocycles. The van der Waals surface area contributed by atoms with Crippen molar-refractivity contribution in [1.29, 1.82) is 0 Å². The lowest BCUT2D eigenvalue weighted by Crippen LogP contribution is -2.35. The number of carbonyl (C=O) groups is 2. The summed E-state index contributed by atoms with van der Waals surface area (Å²) in [7, 11) is 0. The van der Waals surface area contributed by atoms with Gasteiger partial charge in [0.1, 0.15) is 11.4 Å². The van der Waals surface area contributed by atoms with E-state index < -0.39 is 23.6 Å². The summed E-state index contributed by atoms with van der Waals surface area (Å²) in [6.45, 7) is 8.18. The molecule has 0 radical (unpaired) electrons. The van der Waals surface area contributed by atoms with Crippen LogP contribution in [0.3, 0.4) is 0 Å². The molecule has 0 spiro atoms. The number of carboxylic acids is 1. The highest BCUT2D eigenvalue weighted by molar-refractivity contribution is 5.76. The van der Waals surface area contributed by atoms with Gasteiger partial charge in [0.2, 0.25) is 0 Å². The number of hydrogen-bond donors (Lipinski definition) is 1. The summed E-state index contributed by atoms with van der Waals surface area (Å²) in [6.07, 6.45) is -0.481. The van der Waals surface area contributed by atoms with Crippen LogP contribution >= 0.6 is 0 Å². The molecule has 1 aromatic rings. The summed E-state index contributed by atoms with van der Waals surface area (Å²) in [5, 5.41) is 9.58. The molecule has 2 atom stereocenters. The Balaban J connectivity index is 2.26. The molecule has 0 unspecified atom stereocenters. The first kappa shape index (κ1) is 18.1. The molecule has 0 saturated carbocycles. The van der Waals surface area contributed by atoms with E-state index in [1.54, 1.807) is 20.8 Å². The van der Waals surface area contributed by atoms with Gasteiger partial charge in [-0.2, -0.15) is 0 Å². The number of amides is 1. The van der Waals surface area contributed by atoms with E-state index in [1.165, 1.54) is 4.90 Å². The smallest absolute Gasteiger partial charge is 0.410 e. The molecule has 0 aliphatic carbocycles. The van der Waals surface area contributed by atoms with Gasteiger partial charge in [0, 0.05) is 19.0 Å². The van der Waals surface area contributed by atoms with Crippen LogP contribution in [0.15, 0.2) is 24.3 Å². The molecular formula is C18H25NO5. The van der Waals surface area contributed by atoms with Crippen LogP contribution in [-0.4, -0.2) is 47.4 Å². The van der Waals surface area contributed by atoms with Crippen molar-refractivity contribution >= 4 is 12.1 Å². The van der Waals surface area contributed by atoms with Crippen molar-refractivity contribution < 1.29 is 24.2 Å². The minimum Gasteiger partial charge on any atom is -0.494 e. The van der Waals surface area contributed by atoms with E-state index in [9.17, 15) is 14.7 Å². The first-order valence-corrected chi connectivity index (χ1v) is 8.15. The molecule has 1 aromatic carbocycles. The summed E-state index contributed by atoms with van der Waals surface area (Å²) in [5.74, 6) is -1.25. The average molecular weight is 335 g/mol. The van der Waals surface area contributed by atoms with Crippen molar-refractivity contribution in [3.63, 3.8) is 0 Å². The molecule has 1 aliphatic heterocycles. The average Bonchev–Trinajstić information content (AvgIpc) is 2.92. The van der Waals surface area contributed by atoms with Crippen LogP contribution in [0.4, 0.5) is 4.79 Å². The van der Waals surface area contributed by atoms with Crippen LogP contribution in [0.1, 0.15) is 39.2 Å². The van der Waals surface area contributed by atoms with E-state index in [-0.39, 0.29) is 12.5 Å². The molecule has 0 aromatic heterocycles. The number of carbonyl (C=O) groups excluding carboxylic acids is 1. The molecule has 132 valence electrons. The number of carboxylic acid groups (broad SMARTS) is 1. The van der Waals surface area contributed by atoms with Crippen molar-refractivity contribution in [2.45, 2.75) is 39.2 Å². The second kappa shape index (κ2) is 7.11. The number of para-hydroxylation sites is 1. The Hall–Kier alpha value is -2.24. The Morgan fingerprint density at radius 1 is 1.25 bits per heavy atom. The quantitative estimate of drug-likeness (QED) is 0.915. The molecule has 6 heteroatoms. The first-order valence-electron chi connectivity index (χ1n) is 8.15. The molecule has 1 heterocycles. The van der Waals surface area contributed by atoms with Crippen LogP contribution in [0.5, 0.6) is 5.75 Å². The molecule has 1 amide bonds. The Kier molecular flexibility index (Phi) is 5.36. The number of hydrogen-bond acceptors (Lipinski definition) is 4. The molecular weight excluding hydrogens is 310 g/mol. The molecule has 1 fully saturated rings. The third kappa shape index (κ3) is 4.19. The lowest BCUT2D eigenvalue weighted by molar-refractivity contribution is -0.141. The number of aliphatic carboxylic acids is 1. The molecule has 6 nitrogen and oxygen atoms in total. The highest BCUT2D eigenvalue weighted by Gasteiger charge is 2.42. The zero-order valence-electron chi connectivity index (χ0n) is 14.6. The van der Waals surface area contributed by atoms with Gasteiger partial charge < -0.3 is 19.5 Å². The van der Waals surface area contributed by atoms with Crippen LogP contribution in [0, 0.1) is 5.92 Å². The van der Waals surface area contributed by atoms with Gasteiger partial charge in [0.05, 0.1) is 12.5 Å². The lowest BCUT2D eigenvalue weighted by atomic mass is 9.88. The number of likely N-dealkylation sites (tertiary alicyclic amines) is 1. The van der Waals surface area contributed by atoms with E-state index in [0.29, 0.717) is 18.9 Å². The van der Waals surface area contributed by atoms with Crippen LogP contribution in [0.25, 0.3) is 0 Å². The Morgan fingerprint density at radius 3 is 2.50 bits per heavy atom. The number of benzene rings is 1. The van der Waals surface area contributed by atoms with Gasteiger partial charge in [-0.15, -0.1) is 0 Å². The Morgan fingerprint density at radius 2 is 1.92 bits per heavy atom. The second-order valence-corrected chi connectivity index (χ2v) is 6.91. The van der Waals surface area contributed by atoms with Gasteiger partial charge in [0.15, 0.2) is 0 Å². The summed E-state index contributed by atoms with van der Waals surface area (Å²) >= 11 is 0. The fraction of sp³-hybridized carbons (Fsp3) is 0.556. The van der Waals surface area contributed by atoms with E-state index in [1.807, 2.05) is 31.2 Å². The van der Waals surface area contributed by atoms with Crippen molar-refractivity contribution in [1.82, 2.24) is 4.90 Å². The molecule has 1 aliphatic rings. The summed E-state index contributed by atoms with van der Waals surface area (Å²) in [5.41, 5.74) is 0.203. The van der Waals surface area contributed by atoms with Crippen molar-refractivity contribution in [2.75, 3.05) is 19.7 Å². The van der Waals surface area contributed by atoms with Gasteiger partial charge in [0.25, 0.3) is 0 Å². The molecule has 1 N–H and O–H groups in total. The van der Waals surface area contributed by atoms with Crippen molar-refractivity contribution in [3.8, 4) is 5.75 Å². The van der Waals surface area contributed by atoms with Crippen LogP contribution < -0.4 is 4.74 Å². The maximum absolute atomic E-state index is 12.3. The summed E-state index contributed by atoms with van der Waals surface area (Å²) in [4.78, 5) is 25.5. The number of ether oxygens (including phenoxy) is 2. The molecule has 0 bridgehead atoms. The predicted octanol–water partition coefficient (Wildman–Crippen LogP) is 3.12. The minimum atomic E-state index is -0.919. The SMILES string of the molecule is CCOc1ccccc1[C@@H]1CN(C(=O)OC(C)(C)C)C[C@@H]1C(=O)O. The van der Waals surface area contributed by atoms with Crippen molar-refractivity contribution in [2.24, 2.45) is 5.92 Å². The second-order valence-electron chi connectivity index (χ2n) is 6.91. The van der Waals surface area contributed by atoms with E-state index >= 15 is 0 Å². The third-order valence-corrected chi connectivity index (χ3v) is 3.91. The maximum Gasteiger partial charge on any atom is 0.410 e.